The molecule has 0 bridgehead atoms. The normalized spacial score (nSPS) is 15.6. The highest BCUT2D eigenvalue weighted by molar-refractivity contribution is 7.99. The summed E-state index contributed by atoms with van der Waals surface area (Å²) in [5.41, 5.74) is 2.69. The molecule has 0 fully saturated rings. The molecule has 3 rings (SSSR count). The van der Waals surface area contributed by atoms with E-state index < -0.39 is 5.97 Å². The first kappa shape index (κ1) is 18.6. The predicted octanol–water partition coefficient (Wildman–Crippen LogP) is 4.28. The molecule has 7 heteroatoms. The first-order valence-corrected chi connectivity index (χ1v) is 9.38. The first-order valence-electron chi connectivity index (χ1n) is 8.18. The van der Waals surface area contributed by atoms with Gasteiger partial charge in [0, 0.05) is 38.7 Å². The third-order valence-electron chi connectivity index (χ3n) is 4.25. The van der Waals surface area contributed by atoms with Crippen molar-refractivity contribution in [2.45, 2.75) is 42.6 Å². The number of amides is 1. The molecule has 1 aromatic carbocycles. The van der Waals surface area contributed by atoms with Crippen LogP contribution in [0.5, 0.6) is 0 Å². The Morgan fingerprint density at radius 3 is 2.65 bits per heavy atom. The Bertz CT molecular complexity index is 887. The Kier molecular flexibility index (Phi) is 5.44. The Labute approximate surface area is 161 Å². The molecule has 136 valence electrons. The molecule has 1 unspecified atom stereocenters. The minimum atomic E-state index is -0.899. The molecule has 1 aliphatic rings. The van der Waals surface area contributed by atoms with Crippen molar-refractivity contribution in [2.75, 3.05) is 0 Å². The van der Waals surface area contributed by atoms with Gasteiger partial charge >= 0.3 is 5.97 Å². The van der Waals surface area contributed by atoms with Crippen LogP contribution < -0.4 is 5.32 Å². The summed E-state index contributed by atoms with van der Waals surface area (Å²) in [6.07, 6.45) is 4.59. The van der Waals surface area contributed by atoms with Crippen molar-refractivity contribution in [3.63, 3.8) is 0 Å². The quantitative estimate of drug-likeness (QED) is 0.799. The number of aliphatic carboxylic acids is 1. The van der Waals surface area contributed by atoms with Crippen LogP contribution in [0.25, 0.3) is 6.08 Å². The maximum atomic E-state index is 11.6. The number of benzene rings is 1. The van der Waals surface area contributed by atoms with Gasteiger partial charge in [0.1, 0.15) is 6.54 Å². The van der Waals surface area contributed by atoms with E-state index in [1.54, 1.807) is 16.3 Å². The van der Waals surface area contributed by atoms with Gasteiger partial charge in [0.05, 0.1) is 6.04 Å². The zero-order valence-electron chi connectivity index (χ0n) is 14.5. The number of carbonyl (C=O) groups excluding carboxylic acids is 1. The summed E-state index contributed by atoms with van der Waals surface area (Å²) >= 11 is 7.53. The summed E-state index contributed by atoms with van der Waals surface area (Å²) in [6, 6.07) is 7.34. The summed E-state index contributed by atoms with van der Waals surface area (Å²) < 4.78 is 1.79. The molecular weight excluding hydrogens is 372 g/mol. The number of nitrogens with zero attached hydrogens (tertiary/aromatic N) is 1. The lowest BCUT2D eigenvalue weighted by Crippen LogP contribution is -2.27. The summed E-state index contributed by atoms with van der Waals surface area (Å²) in [5.74, 6) is -1.01. The van der Waals surface area contributed by atoms with Crippen LogP contribution in [0.1, 0.15) is 36.3 Å². The molecule has 0 radical (unpaired) electrons. The van der Waals surface area contributed by atoms with E-state index in [2.05, 4.69) is 5.32 Å². The van der Waals surface area contributed by atoms with E-state index in [0.717, 1.165) is 26.7 Å². The minimum Gasteiger partial charge on any atom is -0.480 e. The molecule has 0 spiro atoms. The Hall–Kier alpha value is -2.18. The molecule has 26 heavy (non-hydrogen) atoms. The standard InChI is InChI=1S/C19H19ClN2O3S/c1-11-19(26-14-8-6-13(20)7-9-14)18-15(21-12(2)23)4-3-5-16(18)22(11)10-17(24)25/h3,5-9,15H,4,10H2,1-2H3,(H,21,23)(H,24,25). The van der Waals surface area contributed by atoms with E-state index in [1.165, 1.54) is 6.92 Å². The minimum absolute atomic E-state index is 0.109. The Morgan fingerprint density at radius 2 is 2.04 bits per heavy atom. The molecule has 2 aromatic rings. The third kappa shape index (κ3) is 3.81. The highest BCUT2D eigenvalue weighted by atomic mass is 35.5. The van der Waals surface area contributed by atoms with Crippen LogP contribution in [0.4, 0.5) is 0 Å². The lowest BCUT2D eigenvalue weighted by atomic mass is 9.98. The van der Waals surface area contributed by atoms with E-state index >= 15 is 0 Å². The molecule has 2 N–H and O–H groups in total. The van der Waals surface area contributed by atoms with Crippen molar-refractivity contribution in [2.24, 2.45) is 0 Å². The molecule has 1 heterocycles. The van der Waals surface area contributed by atoms with Gasteiger partial charge in [-0.2, -0.15) is 0 Å². The molecular formula is C19H19ClN2O3S. The number of hydrogen-bond donors (Lipinski definition) is 2. The fraction of sp³-hybridized carbons (Fsp3) is 0.263. The van der Waals surface area contributed by atoms with Crippen LogP contribution in [0.3, 0.4) is 0 Å². The van der Waals surface area contributed by atoms with Gasteiger partial charge in [-0.25, -0.2) is 0 Å². The number of nitrogens with one attached hydrogen (secondary N) is 1. The van der Waals surface area contributed by atoms with Gasteiger partial charge in [0.2, 0.25) is 5.91 Å². The fourth-order valence-electron chi connectivity index (χ4n) is 3.17. The van der Waals surface area contributed by atoms with Crippen LogP contribution in [0, 0.1) is 6.92 Å². The van der Waals surface area contributed by atoms with Crippen molar-refractivity contribution in [3.8, 4) is 0 Å². The monoisotopic (exact) mass is 390 g/mol. The van der Waals surface area contributed by atoms with Crippen molar-refractivity contribution in [1.82, 2.24) is 9.88 Å². The number of halogens is 1. The SMILES string of the molecule is CC(=O)NC1CC=Cc2c1c(Sc1ccc(Cl)cc1)c(C)n2CC(=O)O. The highest BCUT2D eigenvalue weighted by Gasteiger charge is 2.29. The van der Waals surface area contributed by atoms with E-state index in [4.69, 9.17) is 11.6 Å². The van der Waals surface area contributed by atoms with E-state index in [-0.39, 0.29) is 18.5 Å². The summed E-state index contributed by atoms with van der Waals surface area (Å²) in [5, 5.41) is 12.9. The van der Waals surface area contributed by atoms with Crippen molar-refractivity contribution in [3.05, 3.63) is 52.3 Å². The lowest BCUT2D eigenvalue weighted by molar-refractivity contribution is -0.137. The summed E-state index contributed by atoms with van der Waals surface area (Å²) in [7, 11) is 0. The number of aromatic nitrogens is 1. The zero-order valence-corrected chi connectivity index (χ0v) is 16.0. The van der Waals surface area contributed by atoms with E-state index in [1.807, 2.05) is 43.3 Å². The van der Waals surface area contributed by atoms with Gasteiger partial charge in [-0.3, -0.25) is 9.59 Å². The number of carbonyl (C=O) groups is 2. The number of rotatable bonds is 5. The second-order valence-electron chi connectivity index (χ2n) is 6.14. The molecule has 1 amide bonds. The highest BCUT2D eigenvalue weighted by Crippen LogP contribution is 2.43. The number of fused-ring (bicyclic) bond motifs is 1. The fourth-order valence-corrected chi connectivity index (χ4v) is 4.42. The second kappa shape index (κ2) is 7.60. The maximum Gasteiger partial charge on any atom is 0.323 e. The molecule has 0 saturated carbocycles. The second-order valence-corrected chi connectivity index (χ2v) is 7.66. The van der Waals surface area contributed by atoms with Gasteiger partial charge in [0.25, 0.3) is 0 Å². The van der Waals surface area contributed by atoms with Crippen LogP contribution in [0.2, 0.25) is 5.02 Å². The average molecular weight is 391 g/mol. The van der Waals surface area contributed by atoms with Crippen molar-refractivity contribution >= 4 is 41.3 Å². The Balaban J connectivity index is 2.10. The molecule has 1 aliphatic carbocycles. The molecule has 5 nitrogen and oxygen atoms in total. The van der Waals surface area contributed by atoms with E-state index in [9.17, 15) is 14.7 Å². The molecule has 0 aliphatic heterocycles. The van der Waals surface area contributed by atoms with E-state index in [0.29, 0.717) is 11.4 Å². The Morgan fingerprint density at radius 1 is 1.35 bits per heavy atom. The molecule has 1 aromatic heterocycles. The topological polar surface area (TPSA) is 71.3 Å². The van der Waals surface area contributed by atoms with Gasteiger partial charge in [-0.15, -0.1) is 0 Å². The average Bonchev–Trinajstić information content (AvgIpc) is 2.82. The lowest BCUT2D eigenvalue weighted by Gasteiger charge is -2.22. The summed E-state index contributed by atoms with van der Waals surface area (Å²) in [4.78, 5) is 25.0. The third-order valence-corrected chi connectivity index (χ3v) is 5.72. The number of hydrogen-bond acceptors (Lipinski definition) is 3. The summed E-state index contributed by atoms with van der Waals surface area (Å²) in [6.45, 7) is 3.29. The van der Waals surface area contributed by atoms with Crippen LogP contribution in [0.15, 0.2) is 40.1 Å². The van der Waals surface area contributed by atoms with Crippen LogP contribution >= 0.6 is 23.4 Å². The van der Waals surface area contributed by atoms with Crippen molar-refractivity contribution < 1.29 is 14.7 Å². The smallest absolute Gasteiger partial charge is 0.323 e. The number of carboxylic acid groups (broad SMARTS) is 1. The van der Waals surface area contributed by atoms with Gasteiger partial charge in [-0.1, -0.05) is 29.4 Å². The van der Waals surface area contributed by atoms with Crippen molar-refractivity contribution in [1.29, 1.82) is 0 Å². The van der Waals surface area contributed by atoms with Crippen LogP contribution in [-0.2, 0) is 16.1 Å². The largest absolute Gasteiger partial charge is 0.480 e. The molecule has 1 atom stereocenters. The number of carboxylic acids is 1. The maximum absolute atomic E-state index is 11.6. The zero-order chi connectivity index (χ0) is 18.8. The van der Waals surface area contributed by atoms with Crippen LogP contribution in [-0.4, -0.2) is 21.6 Å². The van der Waals surface area contributed by atoms with Gasteiger partial charge < -0.3 is 15.0 Å². The first-order chi connectivity index (χ1) is 12.4. The molecule has 0 saturated heterocycles. The predicted molar refractivity (Wildman–Crippen MR) is 103 cm³/mol. The van der Waals surface area contributed by atoms with Gasteiger partial charge in [0.15, 0.2) is 0 Å². The van der Waals surface area contributed by atoms with Gasteiger partial charge in [-0.05, 0) is 43.7 Å².